The fourth-order valence-corrected chi connectivity index (χ4v) is 2.77. The summed E-state index contributed by atoms with van der Waals surface area (Å²) in [4.78, 5) is 0. The molecule has 5 nitrogen and oxygen atoms in total. The summed E-state index contributed by atoms with van der Waals surface area (Å²) in [6.45, 7) is 4.71. The number of aryl methyl sites for hydroxylation is 1. The number of nitrogens with zero attached hydrogens (tertiary/aromatic N) is 3. The van der Waals surface area contributed by atoms with E-state index in [1.54, 1.807) is 0 Å². The number of aromatic nitrogens is 3. The number of rotatable bonds is 4. The maximum Gasteiger partial charge on any atom is 0.153 e. The van der Waals surface area contributed by atoms with Gasteiger partial charge in [0.25, 0.3) is 0 Å². The largest absolute Gasteiger partial charge is 0.381 e. The summed E-state index contributed by atoms with van der Waals surface area (Å²) in [6, 6.07) is 0.266. The molecule has 1 N–H and O–H groups in total. The molecule has 1 fully saturated rings. The minimum absolute atomic E-state index is 0.266. The van der Waals surface area contributed by atoms with Crippen LogP contribution in [0.5, 0.6) is 0 Å². The molecule has 2 unspecified atom stereocenters. The lowest BCUT2D eigenvalue weighted by Gasteiger charge is -2.23. The van der Waals surface area contributed by atoms with Crippen molar-refractivity contribution in [1.82, 2.24) is 20.3 Å². The van der Waals surface area contributed by atoms with E-state index in [9.17, 15) is 0 Å². The number of ether oxygens (including phenoxy) is 1. The number of hydrogen-bond donors (Lipinski definition) is 1. The summed E-state index contributed by atoms with van der Waals surface area (Å²) in [7, 11) is 1.92. The molecule has 1 saturated heterocycles. The quantitative estimate of drug-likeness (QED) is 0.907. The predicted octanol–water partition coefficient (Wildman–Crippen LogP) is 1.26. The van der Waals surface area contributed by atoms with E-state index >= 15 is 0 Å². The first kappa shape index (κ1) is 12.0. The van der Waals surface area contributed by atoms with Gasteiger partial charge in [-0.3, -0.25) is 0 Å². The summed E-state index contributed by atoms with van der Waals surface area (Å²) >= 11 is 3.46. The Hall–Kier alpha value is -0.460. The van der Waals surface area contributed by atoms with E-state index in [0.717, 1.165) is 36.5 Å². The smallest absolute Gasteiger partial charge is 0.153 e. The number of nitrogens with one attached hydrogen (secondary N) is 1. The van der Waals surface area contributed by atoms with Crippen molar-refractivity contribution in [3.05, 3.63) is 10.3 Å². The van der Waals surface area contributed by atoms with Crippen molar-refractivity contribution in [3.63, 3.8) is 0 Å². The second-order valence-electron chi connectivity index (χ2n) is 4.05. The Balaban J connectivity index is 2.24. The van der Waals surface area contributed by atoms with Gasteiger partial charge in [-0.05, 0) is 28.9 Å². The summed E-state index contributed by atoms with van der Waals surface area (Å²) in [5.41, 5.74) is 1.11. The molecule has 0 aliphatic carbocycles. The molecule has 6 heteroatoms. The van der Waals surface area contributed by atoms with Crippen molar-refractivity contribution in [1.29, 1.82) is 0 Å². The molecular formula is C10H17BrN4O. The van der Waals surface area contributed by atoms with Crippen molar-refractivity contribution < 1.29 is 4.74 Å². The third kappa shape index (κ3) is 2.28. The fraction of sp³-hybridized carbons (Fsp3) is 0.800. The highest BCUT2D eigenvalue weighted by Crippen LogP contribution is 2.31. The fourth-order valence-electron chi connectivity index (χ4n) is 2.19. The highest BCUT2D eigenvalue weighted by molar-refractivity contribution is 9.10. The van der Waals surface area contributed by atoms with Gasteiger partial charge in [0, 0.05) is 19.6 Å². The van der Waals surface area contributed by atoms with Crippen LogP contribution in [0.4, 0.5) is 0 Å². The molecule has 16 heavy (non-hydrogen) atoms. The van der Waals surface area contributed by atoms with Crippen LogP contribution < -0.4 is 5.32 Å². The normalized spacial score (nSPS) is 22.6. The zero-order chi connectivity index (χ0) is 11.5. The van der Waals surface area contributed by atoms with Gasteiger partial charge < -0.3 is 10.1 Å². The van der Waals surface area contributed by atoms with Crippen LogP contribution in [-0.4, -0.2) is 34.8 Å². The van der Waals surface area contributed by atoms with E-state index in [1.807, 2.05) is 11.7 Å². The second kappa shape index (κ2) is 5.25. The Bertz CT molecular complexity index is 329. The van der Waals surface area contributed by atoms with E-state index in [0.29, 0.717) is 5.92 Å². The molecule has 0 bridgehead atoms. The van der Waals surface area contributed by atoms with Gasteiger partial charge in [0.05, 0.1) is 18.3 Å². The van der Waals surface area contributed by atoms with Gasteiger partial charge in [-0.1, -0.05) is 12.1 Å². The SMILES string of the molecule is CCNC(c1c(Br)nnn1C)C1CCOC1. The highest BCUT2D eigenvalue weighted by Gasteiger charge is 2.30. The van der Waals surface area contributed by atoms with Gasteiger partial charge in [-0.25, -0.2) is 4.68 Å². The lowest BCUT2D eigenvalue weighted by molar-refractivity contribution is 0.176. The van der Waals surface area contributed by atoms with Crippen LogP contribution in [0.2, 0.25) is 0 Å². The van der Waals surface area contributed by atoms with E-state index in [-0.39, 0.29) is 6.04 Å². The summed E-state index contributed by atoms with van der Waals surface area (Å²) in [6.07, 6.45) is 1.09. The molecule has 1 aliphatic rings. The van der Waals surface area contributed by atoms with Crippen LogP contribution in [0, 0.1) is 5.92 Å². The predicted molar refractivity (Wildman–Crippen MR) is 64.0 cm³/mol. The van der Waals surface area contributed by atoms with Crippen LogP contribution in [0.3, 0.4) is 0 Å². The number of hydrogen-bond acceptors (Lipinski definition) is 4. The van der Waals surface area contributed by atoms with Crippen LogP contribution in [0.15, 0.2) is 4.60 Å². The Kier molecular flexibility index (Phi) is 3.94. The standard InChI is InChI=1S/C10H17BrN4O/c1-3-12-8(7-4-5-16-6-7)9-10(11)13-14-15(9)2/h7-8,12H,3-6H2,1-2H3. The first-order valence-electron chi connectivity index (χ1n) is 5.60. The zero-order valence-corrected chi connectivity index (χ0v) is 11.2. The van der Waals surface area contributed by atoms with Gasteiger partial charge in [-0.15, -0.1) is 5.10 Å². The van der Waals surface area contributed by atoms with Crippen LogP contribution in [-0.2, 0) is 11.8 Å². The molecule has 0 spiro atoms. The average Bonchev–Trinajstić information content (AvgIpc) is 2.87. The van der Waals surface area contributed by atoms with E-state index in [4.69, 9.17) is 4.74 Å². The van der Waals surface area contributed by atoms with Crippen molar-refractivity contribution in [3.8, 4) is 0 Å². The molecule has 2 rings (SSSR count). The maximum absolute atomic E-state index is 5.46. The molecule has 2 heterocycles. The van der Waals surface area contributed by atoms with Gasteiger partial charge in [0.15, 0.2) is 4.60 Å². The monoisotopic (exact) mass is 288 g/mol. The van der Waals surface area contributed by atoms with Crippen molar-refractivity contribution in [2.45, 2.75) is 19.4 Å². The lowest BCUT2D eigenvalue weighted by atomic mass is 9.96. The topological polar surface area (TPSA) is 52.0 Å². The molecule has 1 aromatic heterocycles. The second-order valence-corrected chi connectivity index (χ2v) is 4.80. The molecule has 1 aromatic rings. The van der Waals surface area contributed by atoms with E-state index in [2.05, 4.69) is 38.5 Å². The van der Waals surface area contributed by atoms with Gasteiger partial charge in [-0.2, -0.15) is 0 Å². The Morgan fingerprint density at radius 2 is 2.50 bits per heavy atom. The molecule has 0 aromatic carbocycles. The zero-order valence-electron chi connectivity index (χ0n) is 9.61. The van der Waals surface area contributed by atoms with Crippen LogP contribution in [0.1, 0.15) is 25.1 Å². The van der Waals surface area contributed by atoms with Gasteiger partial charge in [0.1, 0.15) is 0 Å². The van der Waals surface area contributed by atoms with Crippen LogP contribution in [0.25, 0.3) is 0 Å². The van der Waals surface area contributed by atoms with E-state index < -0.39 is 0 Å². The van der Waals surface area contributed by atoms with Crippen molar-refractivity contribution in [2.75, 3.05) is 19.8 Å². The third-order valence-electron chi connectivity index (χ3n) is 2.98. The van der Waals surface area contributed by atoms with E-state index in [1.165, 1.54) is 0 Å². The summed E-state index contributed by atoms with van der Waals surface area (Å²) < 4.78 is 8.11. The first-order valence-corrected chi connectivity index (χ1v) is 6.39. The minimum atomic E-state index is 0.266. The van der Waals surface area contributed by atoms with Gasteiger partial charge in [0.2, 0.25) is 0 Å². The molecule has 0 amide bonds. The molecular weight excluding hydrogens is 272 g/mol. The van der Waals surface area contributed by atoms with Crippen LogP contribution >= 0.6 is 15.9 Å². The molecule has 90 valence electrons. The summed E-state index contributed by atoms with van der Waals surface area (Å²) in [5.74, 6) is 0.508. The van der Waals surface area contributed by atoms with Crippen molar-refractivity contribution >= 4 is 15.9 Å². The molecule has 2 atom stereocenters. The van der Waals surface area contributed by atoms with Crippen molar-refractivity contribution in [2.24, 2.45) is 13.0 Å². The average molecular weight is 289 g/mol. The third-order valence-corrected chi connectivity index (χ3v) is 3.55. The van der Waals surface area contributed by atoms with Gasteiger partial charge >= 0.3 is 0 Å². The Morgan fingerprint density at radius 3 is 3.00 bits per heavy atom. The molecule has 0 saturated carbocycles. The minimum Gasteiger partial charge on any atom is -0.381 e. The maximum atomic E-state index is 5.46. The number of halogens is 1. The molecule has 0 radical (unpaired) electrons. The Labute approximate surface area is 104 Å². The lowest BCUT2D eigenvalue weighted by Crippen LogP contribution is -2.30. The summed E-state index contributed by atoms with van der Waals surface area (Å²) in [5, 5.41) is 11.6. The Morgan fingerprint density at radius 1 is 1.69 bits per heavy atom. The molecule has 1 aliphatic heterocycles. The first-order chi connectivity index (χ1) is 7.74. The highest BCUT2D eigenvalue weighted by atomic mass is 79.9.